The number of rotatable bonds is 5. The number of anilines is 3. The summed E-state index contributed by atoms with van der Waals surface area (Å²) >= 11 is 1.50. The Kier molecular flexibility index (Phi) is 5.46. The van der Waals surface area contributed by atoms with Crippen LogP contribution in [0.25, 0.3) is 10.8 Å². The van der Waals surface area contributed by atoms with Crippen LogP contribution in [0.2, 0.25) is 0 Å². The average molecular weight is 416 g/mol. The van der Waals surface area contributed by atoms with Crippen molar-refractivity contribution in [1.29, 1.82) is 0 Å². The third-order valence-corrected chi connectivity index (χ3v) is 6.33. The minimum Gasteiger partial charge on any atom is -0.390 e. The number of aryl methyl sites for hydroxylation is 2. The van der Waals surface area contributed by atoms with E-state index < -0.39 is 0 Å². The average Bonchev–Trinajstić information content (AvgIpc) is 3.05. The van der Waals surface area contributed by atoms with Gasteiger partial charge in [-0.15, -0.1) is 11.3 Å². The van der Waals surface area contributed by atoms with E-state index in [-0.39, 0.29) is 11.9 Å². The lowest BCUT2D eigenvalue weighted by Crippen LogP contribution is -2.27. The fourth-order valence-corrected chi connectivity index (χ4v) is 4.49. The first-order valence-electron chi connectivity index (χ1n) is 9.94. The molecule has 0 aliphatic carbocycles. The van der Waals surface area contributed by atoms with Gasteiger partial charge in [0.2, 0.25) is 0 Å². The summed E-state index contributed by atoms with van der Waals surface area (Å²) in [5.41, 5.74) is 10.6. The molecule has 1 heterocycles. The lowest BCUT2D eigenvalue weighted by molar-refractivity contribution is 0.0939. The van der Waals surface area contributed by atoms with Gasteiger partial charge in [-0.25, -0.2) is 0 Å². The van der Waals surface area contributed by atoms with Crippen LogP contribution in [0.15, 0.2) is 66.7 Å². The van der Waals surface area contributed by atoms with Crippen LogP contribution in [0.3, 0.4) is 0 Å². The van der Waals surface area contributed by atoms with Crippen LogP contribution in [-0.4, -0.2) is 5.91 Å². The number of nitrogens with two attached hydrogens (primary N) is 1. The Morgan fingerprint density at radius 3 is 2.50 bits per heavy atom. The Morgan fingerprint density at radius 1 is 0.967 bits per heavy atom. The molecule has 1 amide bonds. The van der Waals surface area contributed by atoms with E-state index in [1.54, 1.807) is 0 Å². The molecule has 5 heteroatoms. The van der Waals surface area contributed by atoms with Crippen molar-refractivity contribution in [1.82, 2.24) is 5.32 Å². The maximum Gasteiger partial charge on any atom is 0.252 e. The largest absolute Gasteiger partial charge is 0.390 e. The van der Waals surface area contributed by atoms with Crippen molar-refractivity contribution in [2.24, 2.45) is 0 Å². The predicted octanol–water partition coefficient (Wildman–Crippen LogP) is 6.33. The Balaban J connectivity index is 1.56. The van der Waals surface area contributed by atoms with Crippen LogP contribution < -0.4 is 16.4 Å². The van der Waals surface area contributed by atoms with Gasteiger partial charge in [0, 0.05) is 11.3 Å². The van der Waals surface area contributed by atoms with Crippen LogP contribution >= 0.6 is 11.3 Å². The van der Waals surface area contributed by atoms with E-state index in [1.165, 1.54) is 16.7 Å². The topological polar surface area (TPSA) is 67.1 Å². The van der Waals surface area contributed by atoms with Gasteiger partial charge in [0.05, 0.1) is 16.0 Å². The molecule has 0 saturated heterocycles. The van der Waals surface area contributed by atoms with Gasteiger partial charge in [-0.3, -0.25) is 4.79 Å². The lowest BCUT2D eigenvalue weighted by Gasteiger charge is -2.18. The number of amides is 1. The number of thiophene rings is 1. The fourth-order valence-electron chi connectivity index (χ4n) is 3.62. The van der Waals surface area contributed by atoms with Gasteiger partial charge < -0.3 is 16.4 Å². The highest BCUT2D eigenvalue weighted by molar-refractivity contribution is 7.20. The molecular formula is C25H25N3OS. The maximum absolute atomic E-state index is 13.1. The zero-order valence-corrected chi connectivity index (χ0v) is 18.1. The van der Waals surface area contributed by atoms with Crippen LogP contribution in [0.1, 0.15) is 40.0 Å². The molecule has 0 fully saturated rings. The van der Waals surface area contributed by atoms with Crippen molar-refractivity contribution in [3.63, 3.8) is 0 Å². The van der Waals surface area contributed by atoms with E-state index in [0.29, 0.717) is 5.56 Å². The number of carbonyl (C=O) groups excluding carboxylic acids is 1. The van der Waals surface area contributed by atoms with Crippen LogP contribution in [0, 0.1) is 13.8 Å². The van der Waals surface area contributed by atoms with Crippen molar-refractivity contribution < 1.29 is 4.79 Å². The van der Waals surface area contributed by atoms with E-state index >= 15 is 0 Å². The molecule has 4 nitrogen and oxygen atoms in total. The van der Waals surface area contributed by atoms with Gasteiger partial charge in [0.1, 0.15) is 0 Å². The minimum atomic E-state index is -0.112. The van der Waals surface area contributed by atoms with Gasteiger partial charge in [0.15, 0.2) is 0 Å². The van der Waals surface area contributed by atoms with Crippen molar-refractivity contribution in [2.45, 2.75) is 26.8 Å². The summed E-state index contributed by atoms with van der Waals surface area (Å²) in [6, 6.07) is 22.2. The summed E-state index contributed by atoms with van der Waals surface area (Å²) in [4.78, 5) is 13.1. The molecule has 0 radical (unpaired) electrons. The van der Waals surface area contributed by atoms with E-state index in [2.05, 4.69) is 34.9 Å². The predicted molar refractivity (Wildman–Crippen MR) is 128 cm³/mol. The Hall–Kier alpha value is -3.31. The number of hydrogen-bond acceptors (Lipinski definition) is 4. The van der Waals surface area contributed by atoms with Crippen LogP contribution in [-0.2, 0) is 0 Å². The smallest absolute Gasteiger partial charge is 0.252 e. The second-order valence-electron chi connectivity index (χ2n) is 7.58. The second-order valence-corrected chi connectivity index (χ2v) is 8.66. The van der Waals surface area contributed by atoms with E-state index in [9.17, 15) is 4.79 Å². The molecule has 1 aromatic heterocycles. The molecule has 3 aromatic carbocycles. The van der Waals surface area contributed by atoms with Crippen molar-refractivity contribution >= 4 is 43.7 Å². The molecule has 1 atom stereocenters. The highest BCUT2D eigenvalue weighted by atomic mass is 32.1. The van der Waals surface area contributed by atoms with Gasteiger partial charge in [-0.1, -0.05) is 48.5 Å². The maximum atomic E-state index is 13.1. The van der Waals surface area contributed by atoms with E-state index in [0.717, 1.165) is 37.8 Å². The van der Waals surface area contributed by atoms with Gasteiger partial charge in [0.25, 0.3) is 5.91 Å². The molecular weight excluding hydrogens is 390 g/mol. The molecule has 152 valence electrons. The van der Waals surface area contributed by atoms with Gasteiger partial charge >= 0.3 is 0 Å². The molecule has 0 aliphatic rings. The number of nitrogen functional groups attached to an aromatic ring is 1. The van der Waals surface area contributed by atoms with Crippen molar-refractivity contribution in [3.8, 4) is 0 Å². The first-order chi connectivity index (χ1) is 14.4. The summed E-state index contributed by atoms with van der Waals surface area (Å²) < 4.78 is 0. The summed E-state index contributed by atoms with van der Waals surface area (Å²) in [6.45, 7) is 5.96. The molecule has 4 N–H and O–H groups in total. The first-order valence-corrected chi connectivity index (χ1v) is 10.8. The van der Waals surface area contributed by atoms with Gasteiger partial charge in [-0.2, -0.15) is 0 Å². The van der Waals surface area contributed by atoms with E-state index in [1.807, 2.05) is 63.2 Å². The number of fused-ring (bicyclic) bond motifs is 1. The Morgan fingerprint density at radius 2 is 1.73 bits per heavy atom. The standard InChI is InChI=1S/C25H25N3OS/c1-15-11-12-19(28-23-13-16(2)24(26)30-23)14-22(15)25(29)27-17(3)20-10-6-8-18-7-4-5-9-21(18)20/h4-14,17,28H,26H2,1-3H3,(H,27,29)/t17-/m1/s1. The monoisotopic (exact) mass is 415 g/mol. The van der Waals surface area contributed by atoms with Gasteiger partial charge in [-0.05, 0) is 66.4 Å². The third kappa shape index (κ3) is 4.02. The summed E-state index contributed by atoms with van der Waals surface area (Å²) in [5, 5.41) is 10.6. The first kappa shape index (κ1) is 20.0. The SMILES string of the molecule is Cc1ccc(Nc2cc(C)c(N)s2)cc1C(=O)N[C@H](C)c1cccc2ccccc12. The molecule has 0 spiro atoms. The highest BCUT2D eigenvalue weighted by Crippen LogP contribution is 2.32. The van der Waals surface area contributed by atoms with E-state index in [4.69, 9.17) is 5.73 Å². The third-order valence-electron chi connectivity index (χ3n) is 5.34. The highest BCUT2D eigenvalue weighted by Gasteiger charge is 2.16. The normalized spacial score (nSPS) is 12.0. The van der Waals surface area contributed by atoms with Crippen molar-refractivity contribution in [2.75, 3.05) is 11.1 Å². The molecule has 4 rings (SSSR count). The number of hydrogen-bond donors (Lipinski definition) is 3. The summed E-state index contributed by atoms with van der Waals surface area (Å²) in [5.74, 6) is -0.0848. The number of benzene rings is 3. The molecule has 0 bridgehead atoms. The lowest BCUT2D eigenvalue weighted by atomic mass is 9.99. The zero-order chi connectivity index (χ0) is 21.3. The zero-order valence-electron chi connectivity index (χ0n) is 17.3. The molecule has 0 aliphatic heterocycles. The summed E-state index contributed by atoms with van der Waals surface area (Å²) in [7, 11) is 0. The Labute approximate surface area is 180 Å². The molecule has 4 aromatic rings. The second kappa shape index (κ2) is 8.20. The van der Waals surface area contributed by atoms with Crippen molar-refractivity contribution in [3.05, 3.63) is 89.0 Å². The Bertz CT molecular complexity index is 1200. The summed E-state index contributed by atoms with van der Waals surface area (Å²) in [6.07, 6.45) is 0. The molecule has 0 saturated carbocycles. The van der Waals surface area contributed by atoms with Crippen LogP contribution in [0.4, 0.5) is 15.7 Å². The minimum absolute atomic E-state index is 0.0848. The molecule has 30 heavy (non-hydrogen) atoms. The quantitative estimate of drug-likeness (QED) is 0.356. The number of carbonyl (C=O) groups is 1. The molecule has 0 unspecified atom stereocenters. The fraction of sp³-hybridized carbons (Fsp3) is 0.160. The van der Waals surface area contributed by atoms with Crippen LogP contribution in [0.5, 0.6) is 0 Å². The number of nitrogens with one attached hydrogen (secondary N) is 2.